The van der Waals surface area contributed by atoms with Crippen LogP contribution in [0.3, 0.4) is 0 Å². The third kappa shape index (κ3) is 14.1. The fourth-order valence-corrected chi connectivity index (χ4v) is 7.10. The van der Waals surface area contributed by atoms with Crippen LogP contribution in [-0.2, 0) is 22.8 Å². The van der Waals surface area contributed by atoms with Crippen molar-refractivity contribution in [3.8, 4) is 0 Å². The lowest BCUT2D eigenvalue weighted by Gasteiger charge is -2.29. The van der Waals surface area contributed by atoms with Gasteiger partial charge in [0, 0.05) is 25.9 Å². The molecule has 7 heteroatoms. The minimum atomic E-state index is -2.59. The number of ether oxygens (including phenoxy) is 1. The van der Waals surface area contributed by atoms with Gasteiger partial charge < -0.3 is 18.0 Å². The number of hydrogen-bond donors (Lipinski definition) is 0. The molecular formula is C23H48O5SSi. The quantitative estimate of drug-likeness (QED) is 0.108. The Labute approximate surface area is 191 Å². The Bertz CT molecular complexity index is 403. The van der Waals surface area contributed by atoms with Crippen LogP contribution in [0, 0.1) is 0 Å². The van der Waals surface area contributed by atoms with E-state index in [4.69, 9.17) is 18.0 Å². The fraction of sp³-hybridized carbons (Fsp3) is 0.957. The maximum Gasteiger partial charge on any atom is 0.500 e. The highest BCUT2D eigenvalue weighted by atomic mass is 32.2. The molecule has 180 valence electrons. The standard InChI is InChI=1S/C23H48O5SSi/c1-7-11-12-13-14-15-16-17-19-25-22(24)23(5,6)29-20-18-21-30(26-8-2,27-9-3)28-10-4/h7-21H2,1-6H3. The van der Waals surface area contributed by atoms with E-state index in [-0.39, 0.29) is 5.97 Å². The van der Waals surface area contributed by atoms with E-state index in [0.29, 0.717) is 26.4 Å². The van der Waals surface area contributed by atoms with E-state index in [1.165, 1.54) is 38.5 Å². The van der Waals surface area contributed by atoms with Crippen LogP contribution in [0.5, 0.6) is 0 Å². The molecule has 30 heavy (non-hydrogen) atoms. The zero-order valence-corrected chi connectivity index (χ0v) is 22.4. The van der Waals surface area contributed by atoms with E-state index in [0.717, 1.165) is 31.1 Å². The van der Waals surface area contributed by atoms with Gasteiger partial charge >= 0.3 is 14.8 Å². The third-order valence-corrected chi connectivity index (χ3v) is 9.44. The Morgan fingerprint density at radius 2 is 1.27 bits per heavy atom. The molecule has 0 saturated heterocycles. The van der Waals surface area contributed by atoms with Crippen molar-refractivity contribution in [3.63, 3.8) is 0 Å². The predicted octanol–water partition coefficient (Wildman–Crippen LogP) is 6.62. The lowest BCUT2D eigenvalue weighted by atomic mass is 10.1. The Morgan fingerprint density at radius 3 is 1.77 bits per heavy atom. The third-order valence-electron chi connectivity index (χ3n) is 4.91. The molecule has 0 saturated carbocycles. The molecule has 0 aromatic rings. The van der Waals surface area contributed by atoms with E-state index in [1.54, 1.807) is 11.8 Å². The van der Waals surface area contributed by atoms with Gasteiger partial charge in [0.05, 0.1) is 6.61 Å². The lowest BCUT2D eigenvalue weighted by Crippen LogP contribution is -2.46. The number of carbonyl (C=O) groups excluding carboxylic acids is 1. The maximum atomic E-state index is 12.5. The first-order chi connectivity index (χ1) is 14.4. The summed E-state index contributed by atoms with van der Waals surface area (Å²) in [6.45, 7) is 14.4. The van der Waals surface area contributed by atoms with E-state index in [9.17, 15) is 4.79 Å². The second kappa shape index (κ2) is 18.5. The summed E-state index contributed by atoms with van der Waals surface area (Å²) in [4.78, 5) is 12.5. The molecule has 0 aliphatic rings. The van der Waals surface area contributed by atoms with E-state index < -0.39 is 13.6 Å². The van der Waals surface area contributed by atoms with Gasteiger partial charge in [0.2, 0.25) is 0 Å². The number of unbranched alkanes of at least 4 members (excludes halogenated alkanes) is 7. The summed E-state index contributed by atoms with van der Waals surface area (Å²) < 4.78 is 22.7. The van der Waals surface area contributed by atoms with Crippen molar-refractivity contribution in [2.45, 2.75) is 110 Å². The molecule has 0 aromatic heterocycles. The van der Waals surface area contributed by atoms with Crippen LogP contribution >= 0.6 is 11.8 Å². The number of thioether (sulfide) groups is 1. The van der Waals surface area contributed by atoms with Gasteiger partial charge in [0.15, 0.2) is 0 Å². The SMILES string of the molecule is CCCCCCCCCCOC(=O)C(C)(C)SCCC[Si](OCC)(OCC)OCC. The summed E-state index contributed by atoms with van der Waals surface area (Å²) in [5, 5.41) is 0. The van der Waals surface area contributed by atoms with Crippen molar-refractivity contribution in [1.29, 1.82) is 0 Å². The smallest absolute Gasteiger partial charge is 0.465 e. The van der Waals surface area contributed by atoms with Crippen molar-refractivity contribution in [2.75, 3.05) is 32.2 Å². The maximum absolute atomic E-state index is 12.5. The van der Waals surface area contributed by atoms with Gasteiger partial charge in [-0.3, -0.25) is 4.79 Å². The van der Waals surface area contributed by atoms with E-state index in [2.05, 4.69) is 6.92 Å². The van der Waals surface area contributed by atoms with Gasteiger partial charge in [0.1, 0.15) is 4.75 Å². The lowest BCUT2D eigenvalue weighted by molar-refractivity contribution is -0.145. The molecule has 0 unspecified atom stereocenters. The van der Waals surface area contributed by atoms with Crippen molar-refractivity contribution in [1.82, 2.24) is 0 Å². The van der Waals surface area contributed by atoms with Crippen LogP contribution in [0.15, 0.2) is 0 Å². The van der Waals surface area contributed by atoms with Crippen LogP contribution in [0.1, 0.15) is 99.3 Å². The van der Waals surface area contributed by atoms with Crippen molar-refractivity contribution >= 4 is 26.5 Å². The first-order valence-electron chi connectivity index (χ1n) is 12.1. The van der Waals surface area contributed by atoms with Crippen LogP contribution in [0.4, 0.5) is 0 Å². The minimum absolute atomic E-state index is 0.113. The van der Waals surface area contributed by atoms with Gasteiger partial charge in [0.25, 0.3) is 0 Å². The number of rotatable bonds is 21. The molecule has 0 heterocycles. The molecule has 0 N–H and O–H groups in total. The molecule has 0 fully saturated rings. The summed E-state index contributed by atoms with van der Waals surface area (Å²) in [7, 11) is -2.59. The zero-order chi connectivity index (χ0) is 22.7. The fourth-order valence-electron chi connectivity index (χ4n) is 3.25. The summed E-state index contributed by atoms with van der Waals surface area (Å²) in [5.41, 5.74) is 0. The molecule has 0 aromatic carbocycles. The van der Waals surface area contributed by atoms with Gasteiger partial charge in [-0.1, -0.05) is 51.9 Å². The molecule has 0 bridgehead atoms. The van der Waals surface area contributed by atoms with Crippen molar-refractivity contribution in [2.24, 2.45) is 0 Å². The number of carbonyl (C=O) groups is 1. The van der Waals surface area contributed by atoms with E-state index >= 15 is 0 Å². The summed E-state index contributed by atoms with van der Waals surface area (Å²) in [6.07, 6.45) is 10.9. The first-order valence-corrected chi connectivity index (χ1v) is 15.0. The molecule has 0 radical (unpaired) electrons. The second-order valence-corrected chi connectivity index (χ2v) is 12.5. The highest BCUT2D eigenvalue weighted by molar-refractivity contribution is 8.01. The molecule has 0 aliphatic carbocycles. The topological polar surface area (TPSA) is 54.0 Å². The molecular weight excluding hydrogens is 416 g/mol. The molecule has 0 amide bonds. The predicted molar refractivity (Wildman–Crippen MR) is 130 cm³/mol. The van der Waals surface area contributed by atoms with E-state index in [1.807, 2.05) is 34.6 Å². The summed E-state index contributed by atoms with van der Waals surface area (Å²) >= 11 is 1.64. The zero-order valence-electron chi connectivity index (χ0n) is 20.6. The van der Waals surface area contributed by atoms with Crippen LogP contribution < -0.4 is 0 Å². The number of hydrogen-bond acceptors (Lipinski definition) is 6. The first kappa shape index (κ1) is 29.9. The van der Waals surface area contributed by atoms with Crippen molar-refractivity contribution in [3.05, 3.63) is 0 Å². The normalized spacial score (nSPS) is 12.3. The highest BCUT2D eigenvalue weighted by Gasteiger charge is 2.40. The highest BCUT2D eigenvalue weighted by Crippen LogP contribution is 2.29. The number of esters is 1. The van der Waals surface area contributed by atoms with Crippen molar-refractivity contribution < 1.29 is 22.8 Å². The van der Waals surface area contributed by atoms with Gasteiger partial charge in [-0.25, -0.2) is 0 Å². The average molecular weight is 465 g/mol. The monoisotopic (exact) mass is 464 g/mol. The Morgan fingerprint density at radius 1 is 0.767 bits per heavy atom. The van der Waals surface area contributed by atoms with Crippen LogP contribution in [0.25, 0.3) is 0 Å². The van der Waals surface area contributed by atoms with Crippen LogP contribution in [0.2, 0.25) is 6.04 Å². The Hall–Kier alpha value is -0.0831. The second-order valence-electron chi connectivity index (χ2n) is 8.06. The largest absolute Gasteiger partial charge is 0.500 e. The van der Waals surface area contributed by atoms with Crippen LogP contribution in [-0.4, -0.2) is 51.7 Å². The van der Waals surface area contributed by atoms with Gasteiger partial charge in [-0.15, -0.1) is 11.8 Å². The Kier molecular flexibility index (Phi) is 18.4. The molecule has 0 rings (SSSR count). The van der Waals surface area contributed by atoms with Gasteiger partial charge in [-0.2, -0.15) is 0 Å². The molecule has 0 spiro atoms. The molecule has 0 aliphatic heterocycles. The van der Waals surface area contributed by atoms with Gasteiger partial charge in [-0.05, 0) is 53.2 Å². The molecule has 5 nitrogen and oxygen atoms in total. The Balaban J connectivity index is 4.09. The minimum Gasteiger partial charge on any atom is -0.465 e. The molecule has 0 atom stereocenters. The average Bonchev–Trinajstić information content (AvgIpc) is 2.70. The summed E-state index contributed by atoms with van der Waals surface area (Å²) in [6, 6.07) is 0.777. The summed E-state index contributed by atoms with van der Waals surface area (Å²) in [5.74, 6) is 0.736.